The van der Waals surface area contributed by atoms with E-state index in [1.54, 1.807) is 11.0 Å². The molecule has 1 atom stereocenters. The monoisotopic (exact) mass is 349 g/mol. The summed E-state index contributed by atoms with van der Waals surface area (Å²) in [6, 6.07) is 15.3. The van der Waals surface area contributed by atoms with E-state index in [-0.39, 0.29) is 24.3 Å². The van der Waals surface area contributed by atoms with Gasteiger partial charge in [0.05, 0.1) is 0 Å². The number of hydrogen-bond acceptors (Lipinski definition) is 4. The molecule has 1 aliphatic heterocycles. The number of hydrogen-bond donors (Lipinski definition) is 0. The van der Waals surface area contributed by atoms with Crippen LogP contribution in [0.5, 0.6) is 0 Å². The van der Waals surface area contributed by atoms with E-state index in [2.05, 4.69) is 0 Å². The second-order valence-electron chi connectivity index (χ2n) is 6.57. The van der Waals surface area contributed by atoms with Gasteiger partial charge in [0, 0.05) is 22.7 Å². The maximum atomic E-state index is 12.6. The van der Waals surface area contributed by atoms with Crippen LogP contribution in [0.2, 0.25) is 0 Å². The molecule has 132 valence electrons. The number of benzene rings is 2. The Morgan fingerprint density at radius 2 is 1.88 bits per heavy atom. The minimum absolute atomic E-state index is 0.0477. The van der Waals surface area contributed by atoms with Gasteiger partial charge in [0.25, 0.3) is 5.91 Å². The molecule has 2 aromatic carbocycles. The van der Waals surface area contributed by atoms with Gasteiger partial charge in [-0.05, 0) is 38.0 Å². The molecule has 0 bridgehead atoms. The highest BCUT2D eigenvalue weighted by Crippen LogP contribution is 2.32. The molecular formula is C21H19NO4. The van der Waals surface area contributed by atoms with Crippen LogP contribution in [0.15, 0.2) is 52.9 Å². The molecule has 2 heterocycles. The Balaban J connectivity index is 1.49. The predicted octanol–water partition coefficient (Wildman–Crippen LogP) is 3.88. The molecule has 5 nitrogen and oxygen atoms in total. The highest BCUT2D eigenvalue weighted by Gasteiger charge is 2.31. The molecule has 0 saturated carbocycles. The quantitative estimate of drug-likeness (QED) is 0.674. The zero-order chi connectivity index (χ0) is 18.3. The van der Waals surface area contributed by atoms with E-state index in [1.807, 2.05) is 56.3 Å². The molecular weight excluding hydrogens is 330 g/mol. The van der Waals surface area contributed by atoms with Crippen molar-refractivity contribution < 1.29 is 18.7 Å². The predicted molar refractivity (Wildman–Crippen MR) is 98.3 cm³/mol. The van der Waals surface area contributed by atoms with Crippen molar-refractivity contribution in [2.24, 2.45) is 0 Å². The van der Waals surface area contributed by atoms with Gasteiger partial charge in [-0.3, -0.25) is 4.79 Å². The van der Waals surface area contributed by atoms with E-state index < -0.39 is 5.97 Å². The number of para-hydroxylation sites is 2. The lowest BCUT2D eigenvalue weighted by atomic mass is 10.1. The second-order valence-corrected chi connectivity index (χ2v) is 6.57. The number of carbonyl (C=O) groups is 2. The fourth-order valence-corrected chi connectivity index (χ4v) is 3.58. The van der Waals surface area contributed by atoms with Gasteiger partial charge in [0.15, 0.2) is 6.61 Å². The van der Waals surface area contributed by atoms with E-state index in [0.29, 0.717) is 5.58 Å². The molecule has 0 unspecified atom stereocenters. The van der Waals surface area contributed by atoms with E-state index in [0.717, 1.165) is 28.6 Å². The SMILES string of the molecule is Cc1c(C(=O)OCC(=O)N2c3ccccc3C[C@@H]2C)oc2ccccc12. The fourth-order valence-electron chi connectivity index (χ4n) is 3.58. The molecule has 0 radical (unpaired) electrons. The fraction of sp³-hybridized carbons (Fsp3) is 0.238. The van der Waals surface area contributed by atoms with Crippen molar-refractivity contribution in [1.82, 2.24) is 0 Å². The van der Waals surface area contributed by atoms with Crippen LogP contribution in [0, 0.1) is 6.92 Å². The molecule has 5 heteroatoms. The molecule has 0 saturated heterocycles. The van der Waals surface area contributed by atoms with Crippen LogP contribution in [0.3, 0.4) is 0 Å². The molecule has 26 heavy (non-hydrogen) atoms. The van der Waals surface area contributed by atoms with Gasteiger partial charge in [-0.2, -0.15) is 0 Å². The third-order valence-electron chi connectivity index (χ3n) is 4.83. The summed E-state index contributed by atoms with van der Waals surface area (Å²) in [5.41, 5.74) is 3.37. The maximum absolute atomic E-state index is 12.6. The third-order valence-corrected chi connectivity index (χ3v) is 4.83. The second kappa shape index (κ2) is 6.33. The zero-order valence-corrected chi connectivity index (χ0v) is 14.7. The van der Waals surface area contributed by atoms with E-state index >= 15 is 0 Å². The molecule has 0 N–H and O–H groups in total. The first-order chi connectivity index (χ1) is 12.6. The van der Waals surface area contributed by atoms with Crippen molar-refractivity contribution >= 4 is 28.5 Å². The van der Waals surface area contributed by atoms with Crippen molar-refractivity contribution in [1.29, 1.82) is 0 Å². The van der Waals surface area contributed by atoms with Crippen molar-refractivity contribution in [3.05, 3.63) is 65.4 Å². The number of carbonyl (C=O) groups excluding carboxylic acids is 2. The molecule has 0 spiro atoms. The Morgan fingerprint density at radius 1 is 1.15 bits per heavy atom. The maximum Gasteiger partial charge on any atom is 0.375 e. The Kier molecular flexibility index (Phi) is 3.99. The van der Waals surface area contributed by atoms with Gasteiger partial charge in [0.1, 0.15) is 5.58 Å². The van der Waals surface area contributed by atoms with Crippen LogP contribution >= 0.6 is 0 Å². The first-order valence-electron chi connectivity index (χ1n) is 8.61. The number of esters is 1. The van der Waals surface area contributed by atoms with E-state index in [9.17, 15) is 9.59 Å². The van der Waals surface area contributed by atoms with Gasteiger partial charge >= 0.3 is 5.97 Å². The summed E-state index contributed by atoms with van der Waals surface area (Å²) in [5.74, 6) is -0.703. The average Bonchev–Trinajstić information content (AvgIpc) is 3.16. The van der Waals surface area contributed by atoms with Crippen LogP contribution in [-0.4, -0.2) is 24.5 Å². The summed E-state index contributed by atoms with van der Waals surface area (Å²) in [4.78, 5) is 26.7. The van der Waals surface area contributed by atoms with Gasteiger partial charge < -0.3 is 14.1 Å². The number of amides is 1. The number of fused-ring (bicyclic) bond motifs is 2. The lowest BCUT2D eigenvalue weighted by Gasteiger charge is -2.22. The zero-order valence-electron chi connectivity index (χ0n) is 14.7. The van der Waals surface area contributed by atoms with Gasteiger partial charge in [-0.15, -0.1) is 0 Å². The summed E-state index contributed by atoms with van der Waals surface area (Å²) in [5, 5.41) is 0.868. The number of rotatable bonds is 3. The summed E-state index contributed by atoms with van der Waals surface area (Å²) >= 11 is 0. The van der Waals surface area contributed by atoms with Crippen LogP contribution in [0.4, 0.5) is 5.69 Å². The number of furan rings is 1. The van der Waals surface area contributed by atoms with Crippen molar-refractivity contribution in [2.45, 2.75) is 26.3 Å². The lowest BCUT2D eigenvalue weighted by molar-refractivity contribution is -0.122. The Morgan fingerprint density at radius 3 is 2.69 bits per heavy atom. The molecule has 1 aliphatic rings. The lowest BCUT2D eigenvalue weighted by Crippen LogP contribution is -2.38. The number of nitrogens with zero attached hydrogens (tertiary/aromatic N) is 1. The van der Waals surface area contributed by atoms with Crippen LogP contribution < -0.4 is 4.90 Å². The van der Waals surface area contributed by atoms with Crippen LogP contribution in [0.25, 0.3) is 11.0 Å². The molecule has 1 aromatic heterocycles. The number of ether oxygens (including phenoxy) is 1. The third kappa shape index (κ3) is 2.65. The molecule has 1 amide bonds. The molecule has 0 fully saturated rings. The summed E-state index contributed by atoms with van der Waals surface area (Å²) < 4.78 is 10.8. The van der Waals surface area contributed by atoms with Crippen molar-refractivity contribution in [3.8, 4) is 0 Å². The Hall–Kier alpha value is -3.08. The largest absolute Gasteiger partial charge is 0.450 e. The first kappa shape index (κ1) is 16.4. The van der Waals surface area contributed by atoms with Crippen molar-refractivity contribution in [3.63, 3.8) is 0 Å². The molecule has 0 aliphatic carbocycles. The van der Waals surface area contributed by atoms with E-state index in [1.165, 1.54) is 0 Å². The van der Waals surface area contributed by atoms with Crippen LogP contribution in [-0.2, 0) is 16.0 Å². The highest BCUT2D eigenvalue weighted by atomic mass is 16.5. The van der Waals surface area contributed by atoms with Gasteiger partial charge in [0.2, 0.25) is 5.76 Å². The summed E-state index contributed by atoms with van der Waals surface area (Å²) in [6.45, 7) is 3.49. The number of aryl methyl sites for hydroxylation is 1. The first-order valence-corrected chi connectivity index (χ1v) is 8.61. The average molecular weight is 349 g/mol. The van der Waals surface area contributed by atoms with Gasteiger partial charge in [-0.25, -0.2) is 4.79 Å². The summed E-state index contributed by atoms with van der Waals surface area (Å²) in [7, 11) is 0. The minimum Gasteiger partial charge on any atom is -0.450 e. The normalized spacial score (nSPS) is 15.9. The number of anilines is 1. The summed E-state index contributed by atoms with van der Waals surface area (Å²) in [6.07, 6.45) is 0.804. The van der Waals surface area contributed by atoms with Crippen LogP contribution in [0.1, 0.15) is 28.6 Å². The topological polar surface area (TPSA) is 59.8 Å². The standard InChI is InChI=1S/C21H19NO4/c1-13-11-15-7-3-5-9-17(15)22(13)19(23)12-25-21(24)20-14(2)16-8-4-6-10-18(16)26-20/h3-10,13H,11-12H2,1-2H3/t13-/m0/s1. The van der Waals surface area contributed by atoms with Crippen molar-refractivity contribution in [2.75, 3.05) is 11.5 Å². The highest BCUT2D eigenvalue weighted by molar-refractivity contribution is 6.00. The van der Waals surface area contributed by atoms with Gasteiger partial charge in [-0.1, -0.05) is 36.4 Å². The molecule has 3 aromatic rings. The molecule has 4 rings (SSSR count). The Labute approximate surface area is 151 Å². The minimum atomic E-state index is -0.618. The van der Waals surface area contributed by atoms with E-state index in [4.69, 9.17) is 9.15 Å². The Bertz CT molecular complexity index is 1000. The smallest absolute Gasteiger partial charge is 0.375 e.